The normalized spacial score (nSPS) is 10.2. The third-order valence-electron chi connectivity index (χ3n) is 2.06. The van der Waals surface area contributed by atoms with Crippen molar-refractivity contribution in [2.45, 2.75) is 13.5 Å². The monoisotopic (exact) mass is 239 g/mol. The Hall–Kier alpha value is -1.99. The second-order valence-electron chi connectivity index (χ2n) is 3.45. The summed E-state index contributed by atoms with van der Waals surface area (Å²) in [7, 11) is 0. The molecule has 0 saturated carbocycles. The molecule has 1 amide bonds. The van der Waals surface area contributed by atoms with Crippen LogP contribution in [0.2, 0.25) is 0 Å². The summed E-state index contributed by atoms with van der Waals surface area (Å²) in [4.78, 5) is 25.3. The van der Waals surface area contributed by atoms with Gasteiger partial charge in [-0.25, -0.2) is 0 Å². The minimum absolute atomic E-state index is 0.0548. The zero-order valence-corrected chi connectivity index (χ0v) is 9.30. The van der Waals surface area contributed by atoms with E-state index < -0.39 is 10.8 Å². The summed E-state index contributed by atoms with van der Waals surface area (Å²) in [5.74, 6) is -0.590. The molecule has 3 N–H and O–H groups in total. The fourth-order valence-electron chi connectivity index (χ4n) is 1.22. The average Bonchev–Trinajstić information content (AvgIpc) is 2.25. The molecular formula is C10H13N3O4. The van der Waals surface area contributed by atoms with Crippen molar-refractivity contribution in [1.29, 1.82) is 0 Å². The van der Waals surface area contributed by atoms with Gasteiger partial charge in [-0.15, -0.1) is 0 Å². The Bertz CT molecular complexity index is 434. The number of hydrogen-bond donors (Lipinski definition) is 2. The van der Waals surface area contributed by atoms with E-state index in [-0.39, 0.29) is 18.8 Å². The van der Waals surface area contributed by atoms with Crippen molar-refractivity contribution in [1.82, 2.24) is 5.48 Å². The number of nitrogens with one attached hydrogen (secondary N) is 1. The summed E-state index contributed by atoms with van der Waals surface area (Å²) >= 11 is 0. The van der Waals surface area contributed by atoms with Gasteiger partial charge in [-0.3, -0.25) is 19.7 Å². The van der Waals surface area contributed by atoms with Crippen molar-refractivity contribution in [3.63, 3.8) is 0 Å². The van der Waals surface area contributed by atoms with Gasteiger partial charge in [0.2, 0.25) is 5.91 Å². The van der Waals surface area contributed by atoms with Gasteiger partial charge in [-0.05, 0) is 12.5 Å². The zero-order chi connectivity index (χ0) is 12.8. The van der Waals surface area contributed by atoms with E-state index in [2.05, 4.69) is 5.48 Å². The van der Waals surface area contributed by atoms with Gasteiger partial charge in [0.25, 0.3) is 5.69 Å². The lowest BCUT2D eigenvalue weighted by Crippen LogP contribution is -2.24. The highest BCUT2D eigenvalue weighted by Crippen LogP contribution is 2.18. The molecule has 0 spiro atoms. The van der Waals surface area contributed by atoms with E-state index >= 15 is 0 Å². The van der Waals surface area contributed by atoms with Gasteiger partial charge in [0.05, 0.1) is 4.92 Å². The van der Waals surface area contributed by atoms with Crippen molar-refractivity contribution in [3.05, 3.63) is 39.4 Å². The number of carbonyl (C=O) groups is 1. The summed E-state index contributed by atoms with van der Waals surface area (Å²) in [6, 6.07) is 4.85. The molecule has 0 aliphatic carbocycles. The Morgan fingerprint density at radius 3 is 2.88 bits per heavy atom. The Morgan fingerprint density at radius 1 is 1.59 bits per heavy atom. The molecule has 0 aliphatic heterocycles. The molecule has 0 radical (unpaired) electrons. The van der Waals surface area contributed by atoms with Crippen LogP contribution in [0.1, 0.15) is 11.1 Å². The fraction of sp³-hybridized carbons (Fsp3) is 0.300. The molecule has 1 aromatic carbocycles. The third-order valence-corrected chi connectivity index (χ3v) is 2.06. The van der Waals surface area contributed by atoms with Crippen molar-refractivity contribution in [2.75, 3.05) is 6.61 Å². The number of nitro benzene ring substituents is 1. The summed E-state index contributed by atoms with van der Waals surface area (Å²) in [6.45, 7) is 1.68. The smallest absolute Gasteiger partial charge is 0.272 e. The second kappa shape index (κ2) is 5.92. The number of hydrogen-bond acceptors (Lipinski definition) is 5. The first-order valence-electron chi connectivity index (χ1n) is 4.87. The number of primary amides is 1. The number of nitro groups is 1. The maximum Gasteiger partial charge on any atom is 0.272 e. The molecule has 7 nitrogen and oxygen atoms in total. The first-order chi connectivity index (χ1) is 8.00. The molecule has 0 aliphatic rings. The van der Waals surface area contributed by atoms with Crippen LogP contribution in [-0.4, -0.2) is 17.4 Å². The number of aryl methyl sites for hydroxylation is 1. The molecule has 17 heavy (non-hydrogen) atoms. The van der Waals surface area contributed by atoms with Crippen molar-refractivity contribution in [2.24, 2.45) is 5.73 Å². The van der Waals surface area contributed by atoms with E-state index in [1.807, 2.05) is 0 Å². The topological polar surface area (TPSA) is 107 Å². The summed E-state index contributed by atoms with van der Waals surface area (Å²) in [6.07, 6.45) is 0. The molecule has 1 rings (SSSR count). The fourth-order valence-corrected chi connectivity index (χ4v) is 1.22. The maximum atomic E-state index is 10.7. The van der Waals surface area contributed by atoms with Gasteiger partial charge in [-0.1, -0.05) is 12.1 Å². The summed E-state index contributed by atoms with van der Waals surface area (Å²) in [5.41, 5.74) is 8.69. The largest absolute Gasteiger partial charge is 0.368 e. The van der Waals surface area contributed by atoms with Crippen molar-refractivity contribution >= 4 is 11.6 Å². The first-order valence-corrected chi connectivity index (χ1v) is 4.87. The van der Waals surface area contributed by atoms with E-state index in [4.69, 9.17) is 10.6 Å². The number of carbonyl (C=O) groups excluding carboxylic acids is 1. The van der Waals surface area contributed by atoms with Crippen molar-refractivity contribution < 1.29 is 14.6 Å². The average molecular weight is 239 g/mol. The van der Waals surface area contributed by atoms with Crippen LogP contribution in [0.4, 0.5) is 5.69 Å². The molecule has 0 atom stereocenters. The first kappa shape index (κ1) is 13.1. The molecule has 1 aromatic rings. The van der Waals surface area contributed by atoms with Gasteiger partial charge < -0.3 is 5.73 Å². The quantitative estimate of drug-likeness (QED) is 0.424. The van der Waals surface area contributed by atoms with Crippen LogP contribution in [-0.2, 0) is 16.2 Å². The maximum absolute atomic E-state index is 10.7. The van der Waals surface area contributed by atoms with Crippen LogP contribution < -0.4 is 11.2 Å². The Balaban J connectivity index is 2.57. The molecule has 0 unspecified atom stereocenters. The van der Waals surface area contributed by atoms with Crippen LogP contribution >= 0.6 is 0 Å². The highest BCUT2D eigenvalue weighted by molar-refractivity contribution is 5.74. The molecule has 0 heterocycles. The molecule has 0 saturated heterocycles. The molecule has 0 fully saturated rings. The standard InChI is InChI=1S/C10H13N3O4/c1-7-2-3-8(4-9(7)13(15)16)5-12-17-6-10(11)14/h2-4,12H,5-6H2,1H3,(H2,11,14). The Kier molecular flexibility index (Phi) is 4.56. The van der Waals surface area contributed by atoms with E-state index in [0.29, 0.717) is 11.1 Å². The lowest BCUT2D eigenvalue weighted by Gasteiger charge is -2.05. The number of amides is 1. The predicted octanol–water partition coefficient (Wildman–Crippen LogP) is 0.410. The van der Waals surface area contributed by atoms with Gasteiger partial charge >= 0.3 is 0 Å². The lowest BCUT2D eigenvalue weighted by molar-refractivity contribution is -0.385. The number of nitrogens with zero attached hydrogens (tertiary/aromatic N) is 1. The Labute approximate surface area is 97.7 Å². The minimum atomic E-state index is -0.590. The summed E-state index contributed by atoms with van der Waals surface area (Å²) in [5, 5.41) is 10.7. The van der Waals surface area contributed by atoms with Crippen LogP contribution in [0.15, 0.2) is 18.2 Å². The minimum Gasteiger partial charge on any atom is -0.368 e. The van der Waals surface area contributed by atoms with E-state index in [1.54, 1.807) is 19.1 Å². The van der Waals surface area contributed by atoms with Crippen LogP contribution in [0.5, 0.6) is 0 Å². The van der Waals surface area contributed by atoms with Gasteiger partial charge in [-0.2, -0.15) is 5.48 Å². The van der Waals surface area contributed by atoms with Gasteiger partial charge in [0.1, 0.15) is 6.61 Å². The lowest BCUT2D eigenvalue weighted by atomic mass is 10.1. The number of nitrogens with two attached hydrogens (primary N) is 1. The number of benzene rings is 1. The second-order valence-corrected chi connectivity index (χ2v) is 3.45. The van der Waals surface area contributed by atoms with E-state index in [0.717, 1.165) is 0 Å². The highest BCUT2D eigenvalue weighted by atomic mass is 16.6. The third kappa shape index (κ3) is 4.17. The Morgan fingerprint density at radius 2 is 2.29 bits per heavy atom. The SMILES string of the molecule is Cc1ccc(CNOCC(N)=O)cc1[N+](=O)[O-]. The number of rotatable bonds is 6. The number of hydroxylamine groups is 1. The molecule has 92 valence electrons. The molecule has 0 bridgehead atoms. The predicted molar refractivity (Wildman–Crippen MR) is 59.8 cm³/mol. The van der Waals surface area contributed by atoms with Gasteiger partial charge in [0.15, 0.2) is 0 Å². The van der Waals surface area contributed by atoms with E-state index in [9.17, 15) is 14.9 Å². The molecular weight excluding hydrogens is 226 g/mol. The van der Waals surface area contributed by atoms with Crippen LogP contribution in [0.25, 0.3) is 0 Å². The van der Waals surface area contributed by atoms with Crippen LogP contribution in [0.3, 0.4) is 0 Å². The molecule has 7 heteroatoms. The van der Waals surface area contributed by atoms with E-state index in [1.165, 1.54) is 6.07 Å². The summed E-state index contributed by atoms with van der Waals surface area (Å²) < 4.78 is 0. The van der Waals surface area contributed by atoms with Gasteiger partial charge in [0, 0.05) is 18.2 Å². The van der Waals surface area contributed by atoms with Crippen molar-refractivity contribution in [3.8, 4) is 0 Å². The molecule has 0 aromatic heterocycles. The zero-order valence-electron chi connectivity index (χ0n) is 9.30. The highest BCUT2D eigenvalue weighted by Gasteiger charge is 2.10. The van der Waals surface area contributed by atoms with Crippen LogP contribution in [0, 0.1) is 17.0 Å².